The van der Waals surface area contributed by atoms with E-state index in [0.29, 0.717) is 38.4 Å². The largest absolute Gasteiger partial charge is 0.457 e. The minimum atomic E-state index is -3.72. The van der Waals surface area contributed by atoms with Gasteiger partial charge in [-0.15, -0.1) is 0 Å². The molecule has 0 atom stereocenters. The summed E-state index contributed by atoms with van der Waals surface area (Å²) in [5.74, 6) is 1.22. The van der Waals surface area contributed by atoms with Crippen LogP contribution >= 0.6 is 23.2 Å². The highest BCUT2D eigenvalue weighted by molar-refractivity contribution is 7.92. The second-order valence-corrected chi connectivity index (χ2v) is 8.55. The Morgan fingerprint density at radius 2 is 1.37 bits per heavy atom. The van der Waals surface area contributed by atoms with Crippen LogP contribution in [0.25, 0.3) is 0 Å². The average Bonchev–Trinajstić information content (AvgIpc) is 2.61. The molecule has 0 aromatic heterocycles. The maximum absolute atomic E-state index is 12.7. The van der Waals surface area contributed by atoms with Gasteiger partial charge in [-0.1, -0.05) is 23.2 Å². The third-order valence-corrected chi connectivity index (χ3v) is 6.08. The number of sulfonamides is 1. The van der Waals surface area contributed by atoms with Gasteiger partial charge in [0.15, 0.2) is 0 Å². The summed E-state index contributed by atoms with van der Waals surface area (Å²) in [5, 5.41) is 1.16. The summed E-state index contributed by atoms with van der Waals surface area (Å²) in [6.45, 7) is 3.48. The molecule has 0 radical (unpaired) electrons. The third-order valence-electron chi connectivity index (χ3n) is 3.90. The molecule has 7 heteroatoms. The van der Waals surface area contributed by atoms with Crippen molar-refractivity contribution in [2.75, 3.05) is 4.72 Å². The Kier molecular flexibility index (Phi) is 5.65. The minimum absolute atomic E-state index is 0.200. The zero-order valence-corrected chi connectivity index (χ0v) is 17.0. The van der Waals surface area contributed by atoms with Gasteiger partial charge in [-0.3, -0.25) is 4.72 Å². The second kappa shape index (κ2) is 7.80. The average molecular weight is 422 g/mol. The first-order valence-electron chi connectivity index (χ1n) is 8.08. The summed E-state index contributed by atoms with van der Waals surface area (Å²) in [6, 6.07) is 16.8. The van der Waals surface area contributed by atoms with E-state index in [1.165, 1.54) is 0 Å². The predicted molar refractivity (Wildman–Crippen MR) is 110 cm³/mol. The smallest absolute Gasteiger partial charge is 0.262 e. The van der Waals surface area contributed by atoms with Crippen LogP contribution in [0.3, 0.4) is 0 Å². The van der Waals surface area contributed by atoms with Crippen molar-refractivity contribution < 1.29 is 13.2 Å². The lowest BCUT2D eigenvalue weighted by atomic mass is 10.2. The number of aryl methyl sites for hydroxylation is 2. The fourth-order valence-electron chi connectivity index (χ4n) is 2.48. The molecule has 0 amide bonds. The Hall–Kier alpha value is -2.21. The first kappa shape index (κ1) is 19.5. The molecule has 0 aliphatic rings. The Morgan fingerprint density at radius 3 is 1.96 bits per heavy atom. The molecule has 0 aliphatic carbocycles. The van der Waals surface area contributed by atoms with Crippen LogP contribution in [0, 0.1) is 13.8 Å². The second-order valence-electron chi connectivity index (χ2n) is 6.05. The number of hydrogen-bond donors (Lipinski definition) is 1. The van der Waals surface area contributed by atoms with E-state index in [2.05, 4.69) is 4.72 Å². The molecule has 3 rings (SSSR count). The Labute approximate surface area is 168 Å². The van der Waals surface area contributed by atoms with Crippen LogP contribution in [0.1, 0.15) is 11.1 Å². The van der Waals surface area contributed by atoms with Crippen molar-refractivity contribution in [3.63, 3.8) is 0 Å². The Balaban J connectivity index is 1.77. The summed E-state index contributed by atoms with van der Waals surface area (Å²) in [6.07, 6.45) is 0. The van der Waals surface area contributed by atoms with Crippen molar-refractivity contribution >= 4 is 38.9 Å². The van der Waals surface area contributed by atoms with E-state index in [1.54, 1.807) is 74.5 Å². The minimum Gasteiger partial charge on any atom is -0.457 e. The highest BCUT2D eigenvalue weighted by Gasteiger charge is 2.18. The third kappa shape index (κ3) is 4.75. The molecule has 0 bridgehead atoms. The molecule has 0 heterocycles. The molecule has 0 saturated carbocycles. The van der Waals surface area contributed by atoms with E-state index in [-0.39, 0.29) is 4.90 Å². The van der Waals surface area contributed by atoms with Crippen molar-refractivity contribution in [3.05, 3.63) is 81.8 Å². The molecule has 0 unspecified atom stereocenters. The molecule has 0 fully saturated rings. The summed E-state index contributed by atoms with van der Waals surface area (Å²) in [7, 11) is -3.72. The lowest BCUT2D eigenvalue weighted by Gasteiger charge is -2.13. The topological polar surface area (TPSA) is 55.4 Å². The van der Waals surface area contributed by atoms with Gasteiger partial charge >= 0.3 is 0 Å². The van der Waals surface area contributed by atoms with Crippen molar-refractivity contribution in [1.82, 2.24) is 0 Å². The van der Waals surface area contributed by atoms with E-state index < -0.39 is 10.0 Å². The van der Waals surface area contributed by atoms with Gasteiger partial charge in [0.2, 0.25) is 0 Å². The van der Waals surface area contributed by atoms with E-state index in [9.17, 15) is 8.42 Å². The number of hydrogen-bond acceptors (Lipinski definition) is 3. The summed E-state index contributed by atoms with van der Waals surface area (Å²) >= 11 is 11.9. The lowest BCUT2D eigenvalue weighted by molar-refractivity contribution is 0.483. The fraction of sp³-hybridized carbons (Fsp3) is 0.100. The van der Waals surface area contributed by atoms with Gasteiger partial charge in [0.25, 0.3) is 10.0 Å². The molecular weight excluding hydrogens is 405 g/mol. The molecule has 0 saturated heterocycles. The summed E-state index contributed by atoms with van der Waals surface area (Å²) in [5.41, 5.74) is 1.72. The maximum atomic E-state index is 12.7. The van der Waals surface area contributed by atoms with Crippen molar-refractivity contribution in [1.29, 1.82) is 0 Å². The molecule has 27 heavy (non-hydrogen) atoms. The molecule has 4 nitrogen and oxygen atoms in total. The highest BCUT2D eigenvalue weighted by Crippen LogP contribution is 2.27. The van der Waals surface area contributed by atoms with E-state index in [0.717, 1.165) is 0 Å². The molecule has 3 aromatic rings. The van der Waals surface area contributed by atoms with Crippen LogP contribution in [-0.4, -0.2) is 8.42 Å². The molecule has 140 valence electrons. The zero-order chi connectivity index (χ0) is 19.6. The van der Waals surface area contributed by atoms with Crippen LogP contribution in [0.5, 0.6) is 11.5 Å². The maximum Gasteiger partial charge on any atom is 0.262 e. The first-order chi connectivity index (χ1) is 12.7. The molecule has 0 spiro atoms. The molecule has 1 N–H and O–H groups in total. The number of ether oxygens (including phenoxy) is 1. The van der Waals surface area contributed by atoms with E-state index in [4.69, 9.17) is 27.9 Å². The monoisotopic (exact) mass is 421 g/mol. The summed E-state index contributed by atoms with van der Waals surface area (Å²) in [4.78, 5) is 0.200. The first-order valence-corrected chi connectivity index (χ1v) is 10.3. The van der Waals surface area contributed by atoms with Crippen molar-refractivity contribution in [3.8, 4) is 11.5 Å². The lowest BCUT2D eigenvalue weighted by Crippen LogP contribution is -2.14. The molecular formula is C20H17Cl2NO3S. The number of nitrogens with one attached hydrogen (secondary N) is 1. The van der Waals surface area contributed by atoms with Gasteiger partial charge in [0.1, 0.15) is 11.5 Å². The zero-order valence-electron chi connectivity index (χ0n) is 14.7. The Bertz CT molecular complexity index is 1060. The summed E-state index contributed by atoms with van der Waals surface area (Å²) < 4.78 is 33.7. The van der Waals surface area contributed by atoms with E-state index >= 15 is 0 Å². The van der Waals surface area contributed by atoms with Gasteiger partial charge < -0.3 is 4.74 Å². The fourth-order valence-corrected chi connectivity index (χ4v) is 4.20. The number of anilines is 1. The standard InChI is InChI=1S/C20H17Cl2NO3S/c1-13-12-20(14(2)11-19(13)22)27(24,25)23-16-5-9-18(10-6-16)26-17-7-3-15(21)4-8-17/h3-12,23H,1-2H3. The Morgan fingerprint density at radius 1 is 0.815 bits per heavy atom. The van der Waals surface area contributed by atoms with Crippen LogP contribution in [0.2, 0.25) is 10.0 Å². The highest BCUT2D eigenvalue weighted by atomic mass is 35.5. The SMILES string of the molecule is Cc1cc(S(=O)(=O)Nc2ccc(Oc3ccc(Cl)cc3)cc2)c(C)cc1Cl. The van der Waals surface area contributed by atoms with Gasteiger partial charge in [0, 0.05) is 15.7 Å². The molecule has 3 aromatic carbocycles. The predicted octanol–water partition coefficient (Wildman–Crippen LogP) is 6.20. The normalized spacial score (nSPS) is 11.3. The van der Waals surface area contributed by atoms with Gasteiger partial charge in [0.05, 0.1) is 4.90 Å². The number of benzene rings is 3. The van der Waals surface area contributed by atoms with Crippen LogP contribution in [0.15, 0.2) is 65.6 Å². The number of halogens is 2. The van der Waals surface area contributed by atoms with Crippen LogP contribution in [-0.2, 0) is 10.0 Å². The quantitative estimate of drug-likeness (QED) is 0.532. The van der Waals surface area contributed by atoms with Crippen LogP contribution in [0.4, 0.5) is 5.69 Å². The number of rotatable bonds is 5. The molecule has 0 aliphatic heterocycles. The van der Waals surface area contributed by atoms with Crippen molar-refractivity contribution in [2.45, 2.75) is 18.7 Å². The van der Waals surface area contributed by atoms with Gasteiger partial charge in [-0.05, 0) is 85.6 Å². The van der Waals surface area contributed by atoms with Gasteiger partial charge in [-0.25, -0.2) is 8.42 Å². The van der Waals surface area contributed by atoms with E-state index in [1.807, 2.05) is 0 Å². The van der Waals surface area contributed by atoms with Gasteiger partial charge in [-0.2, -0.15) is 0 Å². The van der Waals surface area contributed by atoms with Crippen molar-refractivity contribution in [2.24, 2.45) is 0 Å². The van der Waals surface area contributed by atoms with Crippen LogP contribution < -0.4 is 9.46 Å².